The third-order valence-electron chi connectivity index (χ3n) is 4.42. The number of carbonyl (C=O) groups excluding carboxylic acids is 5. The Morgan fingerprint density at radius 3 is 1.78 bits per heavy atom. The van der Waals surface area contributed by atoms with Gasteiger partial charge in [-0.25, -0.2) is 14.4 Å². The van der Waals surface area contributed by atoms with E-state index in [2.05, 4.69) is 26.3 Å². The van der Waals surface area contributed by atoms with Crippen LogP contribution >= 0.6 is 0 Å². The maximum Gasteiger partial charge on any atom is 0.335 e. The van der Waals surface area contributed by atoms with Crippen molar-refractivity contribution in [1.82, 2.24) is 0 Å². The summed E-state index contributed by atoms with van der Waals surface area (Å²) in [6, 6.07) is 8.50. The van der Waals surface area contributed by atoms with E-state index in [9.17, 15) is 24.0 Å². The number of ketones is 2. The van der Waals surface area contributed by atoms with Crippen LogP contribution in [0.5, 0.6) is 17.2 Å². The summed E-state index contributed by atoms with van der Waals surface area (Å²) >= 11 is 0. The molecule has 0 saturated heterocycles. The highest BCUT2D eigenvalue weighted by Crippen LogP contribution is 2.26. The molecule has 0 bridgehead atoms. The van der Waals surface area contributed by atoms with Gasteiger partial charge >= 0.3 is 17.9 Å². The van der Waals surface area contributed by atoms with Crippen molar-refractivity contribution in [2.45, 2.75) is 6.42 Å². The molecule has 0 radical (unpaired) electrons. The molecule has 0 aliphatic heterocycles. The Balaban J connectivity index is 2.38. The molecule has 8 heteroatoms. The van der Waals surface area contributed by atoms with Gasteiger partial charge in [0.25, 0.3) is 0 Å². The van der Waals surface area contributed by atoms with Crippen LogP contribution in [0.1, 0.15) is 21.5 Å². The largest absolute Gasteiger partial charge is 0.423 e. The molecule has 0 aromatic heterocycles. The first-order valence-electron chi connectivity index (χ1n) is 10.4. The number of benzene rings is 2. The van der Waals surface area contributed by atoms with Crippen molar-refractivity contribution < 1.29 is 38.2 Å². The van der Waals surface area contributed by atoms with Crippen molar-refractivity contribution >= 4 is 35.6 Å². The summed E-state index contributed by atoms with van der Waals surface area (Å²) in [4.78, 5) is 59.4. The van der Waals surface area contributed by atoms with E-state index in [0.717, 1.165) is 24.3 Å². The number of carbonyl (C=O) groups is 5. The fourth-order valence-electron chi connectivity index (χ4n) is 2.75. The standard InChI is InChI=1S/C28H22O8/c1-5-21(29)15-20-11-10-19(16-25(20)36-28(33)8-4)24(30)12-9-18-13-22(34-26(31)6-2)17-23(14-18)35-27(32)7-3/h5-14,16-17H,1-4,15H2. The van der Waals surface area contributed by atoms with E-state index < -0.39 is 23.7 Å². The smallest absolute Gasteiger partial charge is 0.335 e. The Kier molecular flexibility index (Phi) is 9.76. The Morgan fingerprint density at radius 2 is 1.25 bits per heavy atom. The summed E-state index contributed by atoms with van der Waals surface area (Å²) in [5.74, 6) is -2.84. The van der Waals surface area contributed by atoms with Gasteiger partial charge in [-0.15, -0.1) is 0 Å². The fourth-order valence-corrected chi connectivity index (χ4v) is 2.75. The molecular formula is C28H22O8. The van der Waals surface area contributed by atoms with Crippen LogP contribution in [-0.2, 0) is 25.6 Å². The highest BCUT2D eigenvalue weighted by Gasteiger charge is 2.14. The number of allylic oxidation sites excluding steroid dienone is 2. The van der Waals surface area contributed by atoms with E-state index in [1.54, 1.807) is 0 Å². The zero-order valence-corrected chi connectivity index (χ0v) is 19.2. The molecule has 0 heterocycles. The van der Waals surface area contributed by atoms with Gasteiger partial charge < -0.3 is 14.2 Å². The van der Waals surface area contributed by atoms with Crippen LogP contribution in [0, 0.1) is 0 Å². The van der Waals surface area contributed by atoms with Gasteiger partial charge in [0, 0.05) is 41.8 Å². The summed E-state index contributed by atoms with van der Waals surface area (Å²) in [5, 5.41) is 0. The van der Waals surface area contributed by atoms with Crippen molar-refractivity contribution in [3.05, 3.63) is 110 Å². The maximum atomic E-state index is 12.8. The van der Waals surface area contributed by atoms with Crippen LogP contribution in [0.25, 0.3) is 6.08 Å². The zero-order chi connectivity index (χ0) is 26.7. The third-order valence-corrected chi connectivity index (χ3v) is 4.42. The summed E-state index contributed by atoms with van der Waals surface area (Å²) in [6.07, 6.45) is 6.57. The predicted molar refractivity (Wildman–Crippen MR) is 133 cm³/mol. The minimum absolute atomic E-state index is 0.0336. The molecule has 0 fully saturated rings. The Bertz CT molecular complexity index is 1260. The molecule has 2 aromatic rings. The van der Waals surface area contributed by atoms with Crippen molar-refractivity contribution in [1.29, 1.82) is 0 Å². The fraction of sp³-hybridized carbons (Fsp3) is 0.0357. The second-order valence-electron chi connectivity index (χ2n) is 6.98. The first kappa shape index (κ1) is 27.1. The van der Waals surface area contributed by atoms with Crippen molar-refractivity contribution in [2.75, 3.05) is 0 Å². The Hall–Kier alpha value is -5.11. The minimum atomic E-state index is -0.755. The topological polar surface area (TPSA) is 113 Å². The number of rotatable bonds is 12. The molecule has 0 N–H and O–H groups in total. The van der Waals surface area contributed by atoms with Crippen LogP contribution in [0.2, 0.25) is 0 Å². The van der Waals surface area contributed by atoms with Crippen LogP contribution in [0.15, 0.2) is 93.1 Å². The summed E-state index contributed by atoms with van der Waals surface area (Å²) in [5.41, 5.74) is 0.928. The van der Waals surface area contributed by atoms with Gasteiger partial charge in [-0.2, -0.15) is 0 Å². The monoisotopic (exact) mass is 486 g/mol. The van der Waals surface area contributed by atoms with E-state index in [4.69, 9.17) is 14.2 Å². The molecule has 2 aromatic carbocycles. The van der Waals surface area contributed by atoms with Gasteiger partial charge in [0.15, 0.2) is 11.6 Å². The lowest BCUT2D eigenvalue weighted by atomic mass is 10.0. The molecule has 0 atom stereocenters. The Labute approximate surface area is 207 Å². The highest BCUT2D eigenvalue weighted by atomic mass is 16.5. The van der Waals surface area contributed by atoms with Crippen LogP contribution in [0.4, 0.5) is 0 Å². The normalized spacial score (nSPS) is 10.1. The van der Waals surface area contributed by atoms with E-state index in [0.29, 0.717) is 11.1 Å². The average molecular weight is 486 g/mol. The van der Waals surface area contributed by atoms with Crippen LogP contribution in [-0.4, -0.2) is 29.5 Å². The average Bonchev–Trinajstić information content (AvgIpc) is 2.87. The van der Waals surface area contributed by atoms with Gasteiger partial charge in [-0.1, -0.05) is 44.5 Å². The molecule has 0 unspecified atom stereocenters. The molecular weight excluding hydrogens is 464 g/mol. The summed E-state index contributed by atoms with van der Waals surface area (Å²) < 4.78 is 15.4. The third kappa shape index (κ3) is 8.03. The lowest BCUT2D eigenvalue weighted by Crippen LogP contribution is -2.09. The van der Waals surface area contributed by atoms with Crippen molar-refractivity contribution in [3.8, 4) is 17.2 Å². The van der Waals surface area contributed by atoms with Crippen molar-refractivity contribution in [3.63, 3.8) is 0 Å². The molecule has 0 aliphatic rings. The molecule has 8 nitrogen and oxygen atoms in total. The molecule has 0 saturated carbocycles. The molecule has 0 aliphatic carbocycles. The molecule has 0 amide bonds. The molecule has 182 valence electrons. The van der Waals surface area contributed by atoms with E-state index in [-0.39, 0.29) is 35.0 Å². The second kappa shape index (κ2) is 13.0. The molecule has 36 heavy (non-hydrogen) atoms. The lowest BCUT2D eigenvalue weighted by Gasteiger charge is -2.09. The van der Waals surface area contributed by atoms with Gasteiger partial charge in [-0.05, 0) is 35.9 Å². The quantitative estimate of drug-likeness (QED) is 0.190. The lowest BCUT2D eigenvalue weighted by molar-refractivity contribution is -0.130. The maximum absolute atomic E-state index is 12.8. The van der Waals surface area contributed by atoms with Crippen LogP contribution < -0.4 is 14.2 Å². The second-order valence-corrected chi connectivity index (χ2v) is 6.98. The molecule has 2 rings (SSSR count). The number of ether oxygens (including phenoxy) is 3. The van der Waals surface area contributed by atoms with Crippen LogP contribution in [0.3, 0.4) is 0 Å². The number of hydrogen-bond acceptors (Lipinski definition) is 8. The van der Waals surface area contributed by atoms with Crippen molar-refractivity contribution in [2.24, 2.45) is 0 Å². The summed E-state index contributed by atoms with van der Waals surface area (Å²) in [7, 11) is 0. The SMILES string of the molecule is C=CC(=O)Cc1ccc(C(=O)C=Cc2cc(OC(=O)C=C)cc(OC(=O)C=C)c2)cc1OC(=O)C=C. The van der Waals surface area contributed by atoms with Gasteiger partial charge in [0.1, 0.15) is 17.2 Å². The molecule has 0 spiro atoms. The number of esters is 3. The zero-order valence-electron chi connectivity index (χ0n) is 19.2. The van der Waals surface area contributed by atoms with E-state index >= 15 is 0 Å². The van der Waals surface area contributed by atoms with E-state index in [1.807, 2.05) is 0 Å². The predicted octanol–water partition coefficient (Wildman–Crippen LogP) is 4.15. The van der Waals surface area contributed by atoms with Gasteiger partial charge in [0.05, 0.1) is 0 Å². The highest BCUT2D eigenvalue weighted by molar-refractivity contribution is 6.07. The summed E-state index contributed by atoms with van der Waals surface area (Å²) in [6.45, 7) is 13.4. The van der Waals surface area contributed by atoms with Gasteiger partial charge in [0.2, 0.25) is 0 Å². The minimum Gasteiger partial charge on any atom is -0.423 e. The first-order valence-corrected chi connectivity index (χ1v) is 10.4. The van der Waals surface area contributed by atoms with Gasteiger partial charge in [-0.3, -0.25) is 9.59 Å². The van der Waals surface area contributed by atoms with E-state index in [1.165, 1.54) is 48.6 Å². The Morgan fingerprint density at radius 1 is 0.694 bits per heavy atom. The number of hydrogen-bond donors (Lipinski definition) is 0. The first-order chi connectivity index (χ1) is 17.2.